The van der Waals surface area contributed by atoms with Gasteiger partial charge in [0.2, 0.25) is 0 Å². The van der Waals surface area contributed by atoms with E-state index in [0.29, 0.717) is 0 Å². The SMILES string of the molecule is c1ccc2c(c1)Oc1cccc3c(-n4c5ccccc5c5c6ccccc6c6c7ccccc7sc6c54)ncc-2c13. The lowest BCUT2D eigenvalue weighted by Crippen LogP contribution is -2.03. The zero-order chi connectivity index (χ0) is 26.7. The van der Waals surface area contributed by atoms with Gasteiger partial charge in [0.25, 0.3) is 0 Å². The van der Waals surface area contributed by atoms with Crippen molar-refractivity contribution in [3.8, 4) is 28.4 Å². The quantitative estimate of drug-likeness (QED) is 0.207. The van der Waals surface area contributed by atoms with E-state index in [1.165, 1.54) is 47.2 Å². The Bertz CT molecular complexity index is 2570. The maximum Gasteiger partial charge on any atom is 0.145 e. The van der Waals surface area contributed by atoms with E-state index < -0.39 is 0 Å². The third-order valence-corrected chi connectivity index (χ3v) is 9.79. The second kappa shape index (κ2) is 7.72. The Kier molecular flexibility index (Phi) is 4.07. The summed E-state index contributed by atoms with van der Waals surface area (Å²) >= 11 is 1.87. The van der Waals surface area contributed by atoms with Gasteiger partial charge in [-0.1, -0.05) is 91.0 Å². The molecule has 190 valence electrons. The van der Waals surface area contributed by atoms with Gasteiger partial charge in [-0.15, -0.1) is 11.3 Å². The second-order valence-corrected chi connectivity index (χ2v) is 11.7. The lowest BCUT2D eigenvalue weighted by atomic mass is 9.96. The fourth-order valence-corrected chi connectivity index (χ4v) is 8.22. The Hall–Kier alpha value is -5.19. The fourth-order valence-electron chi connectivity index (χ4n) is 6.97. The highest BCUT2D eigenvalue weighted by molar-refractivity contribution is 7.27. The van der Waals surface area contributed by atoms with E-state index in [2.05, 4.69) is 108 Å². The fraction of sp³-hybridized carbons (Fsp3) is 0. The molecule has 1 aliphatic heterocycles. The first-order valence-corrected chi connectivity index (χ1v) is 14.6. The summed E-state index contributed by atoms with van der Waals surface area (Å²) in [6, 6.07) is 41.0. The second-order valence-electron chi connectivity index (χ2n) is 10.7. The monoisotopic (exact) mass is 540 g/mol. The molecule has 4 heteroatoms. The van der Waals surface area contributed by atoms with Crippen molar-refractivity contribution in [3.63, 3.8) is 0 Å². The summed E-state index contributed by atoms with van der Waals surface area (Å²) in [7, 11) is 0. The molecule has 4 heterocycles. The molecule has 0 saturated carbocycles. The molecule has 3 aromatic heterocycles. The Morgan fingerprint density at radius 2 is 1.22 bits per heavy atom. The van der Waals surface area contributed by atoms with Crippen molar-refractivity contribution >= 4 is 74.9 Å². The lowest BCUT2D eigenvalue weighted by molar-refractivity contribution is 0.487. The molecule has 0 aliphatic carbocycles. The summed E-state index contributed by atoms with van der Waals surface area (Å²) in [5.41, 5.74) is 4.56. The highest BCUT2D eigenvalue weighted by Gasteiger charge is 2.26. The van der Waals surface area contributed by atoms with E-state index in [0.717, 1.165) is 44.7 Å². The average molecular weight is 541 g/mol. The Morgan fingerprint density at radius 1 is 0.537 bits per heavy atom. The molecule has 0 bridgehead atoms. The molecule has 6 aromatic carbocycles. The molecule has 41 heavy (non-hydrogen) atoms. The van der Waals surface area contributed by atoms with E-state index >= 15 is 0 Å². The predicted molar refractivity (Wildman–Crippen MR) is 172 cm³/mol. The van der Waals surface area contributed by atoms with Crippen LogP contribution in [0.2, 0.25) is 0 Å². The molecular weight excluding hydrogens is 520 g/mol. The molecule has 3 nitrogen and oxygen atoms in total. The molecule has 0 amide bonds. The van der Waals surface area contributed by atoms with Gasteiger partial charge in [-0.25, -0.2) is 4.98 Å². The van der Waals surface area contributed by atoms with Crippen LogP contribution in [0.4, 0.5) is 0 Å². The van der Waals surface area contributed by atoms with Crippen LogP contribution in [0.15, 0.2) is 121 Å². The van der Waals surface area contributed by atoms with Gasteiger partial charge >= 0.3 is 0 Å². The van der Waals surface area contributed by atoms with Gasteiger partial charge < -0.3 is 4.74 Å². The van der Waals surface area contributed by atoms with Crippen LogP contribution >= 0.6 is 11.3 Å². The smallest absolute Gasteiger partial charge is 0.145 e. The van der Waals surface area contributed by atoms with Crippen molar-refractivity contribution in [2.24, 2.45) is 0 Å². The molecular formula is C37H20N2OS. The number of hydrogen-bond donors (Lipinski definition) is 0. The number of pyridine rings is 1. The van der Waals surface area contributed by atoms with Crippen LogP contribution in [0.1, 0.15) is 0 Å². The number of hydrogen-bond acceptors (Lipinski definition) is 3. The summed E-state index contributed by atoms with van der Waals surface area (Å²) in [4.78, 5) is 5.25. The minimum Gasteiger partial charge on any atom is -0.456 e. The van der Waals surface area contributed by atoms with Crippen molar-refractivity contribution in [2.75, 3.05) is 0 Å². The first-order chi connectivity index (χ1) is 20.4. The van der Waals surface area contributed by atoms with Crippen molar-refractivity contribution in [3.05, 3.63) is 121 Å². The van der Waals surface area contributed by atoms with Gasteiger partial charge in [0.1, 0.15) is 17.3 Å². The minimum atomic E-state index is 0.873. The number of ether oxygens (including phenoxy) is 1. The van der Waals surface area contributed by atoms with Gasteiger partial charge in [-0.2, -0.15) is 0 Å². The highest BCUT2D eigenvalue weighted by Crippen LogP contribution is 2.50. The zero-order valence-corrected chi connectivity index (χ0v) is 22.6. The summed E-state index contributed by atoms with van der Waals surface area (Å²) < 4.78 is 11.4. The average Bonchev–Trinajstić information content (AvgIpc) is 3.58. The third kappa shape index (κ3) is 2.70. The number of para-hydroxylation sites is 2. The summed E-state index contributed by atoms with van der Waals surface area (Å²) in [6.07, 6.45) is 2.03. The van der Waals surface area contributed by atoms with E-state index in [4.69, 9.17) is 9.72 Å². The topological polar surface area (TPSA) is 27.1 Å². The van der Waals surface area contributed by atoms with E-state index in [9.17, 15) is 0 Å². The number of fused-ring (bicyclic) bond motifs is 12. The minimum absolute atomic E-state index is 0.873. The van der Waals surface area contributed by atoms with Gasteiger partial charge in [0.15, 0.2) is 0 Å². The molecule has 10 rings (SSSR count). The molecule has 0 fully saturated rings. The first kappa shape index (κ1) is 21.6. The molecule has 0 unspecified atom stereocenters. The van der Waals surface area contributed by atoms with Crippen molar-refractivity contribution in [1.29, 1.82) is 0 Å². The first-order valence-electron chi connectivity index (χ1n) is 13.8. The molecule has 9 aromatic rings. The number of aromatic nitrogens is 2. The number of rotatable bonds is 1. The molecule has 0 atom stereocenters. The van der Waals surface area contributed by atoms with E-state index in [1.807, 2.05) is 29.7 Å². The lowest BCUT2D eigenvalue weighted by Gasteiger charge is -2.22. The van der Waals surface area contributed by atoms with Gasteiger partial charge in [0, 0.05) is 54.3 Å². The van der Waals surface area contributed by atoms with Gasteiger partial charge in [-0.3, -0.25) is 4.57 Å². The normalized spacial score (nSPS) is 12.6. The standard InChI is InChI=1S/C37H20N2OS/c1-2-12-23-22(11-1)33-24-13-3-6-16-28(24)39(35(33)36-34(23)25-14-5-8-19-31(25)41-36)37-26-15-9-18-30-32(26)27(20-38-37)21-10-4-7-17-29(21)40-30/h1-20H. The molecule has 0 saturated heterocycles. The van der Waals surface area contributed by atoms with Crippen LogP contribution < -0.4 is 4.74 Å². The third-order valence-electron chi connectivity index (χ3n) is 8.61. The largest absolute Gasteiger partial charge is 0.456 e. The number of benzene rings is 6. The molecule has 0 radical (unpaired) electrons. The maximum atomic E-state index is 6.43. The number of nitrogens with zero attached hydrogens (tertiary/aromatic N) is 2. The Balaban J connectivity index is 1.46. The summed E-state index contributed by atoms with van der Waals surface area (Å²) in [6.45, 7) is 0. The van der Waals surface area contributed by atoms with E-state index in [1.54, 1.807) is 0 Å². The van der Waals surface area contributed by atoms with Crippen LogP contribution in [0.5, 0.6) is 11.5 Å². The van der Waals surface area contributed by atoms with Crippen molar-refractivity contribution < 1.29 is 4.74 Å². The van der Waals surface area contributed by atoms with Crippen LogP contribution in [-0.4, -0.2) is 9.55 Å². The summed E-state index contributed by atoms with van der Waals surface area (Å²) in [5, 5.41) is 9.89. The molecule has 1 aliphatic rings. The van der Waals surface area contributed by atoms with Crippen molar-refractivity contribution in [2.45, 2.75) is 0 Å². The van der Waals surface area contributed by atoms with Crippen LogP contribution in [0, 0.1) is 0 Å². The molecule has 0 N–H and O–H groups in total. The highest BCUT2D eigenvalue weighted by atomic mass is 32.1. The Morgan fingerprint density at radius 3 is 2.12 bits per heavy atom. The van der Waals surface area contributed by atoms with Gasteiger partial charge in [0.05, 0.1) is 15.7 Å². The molecule has 0 spiro atoms. The van der Waals surface area contributed by atoms with Crippen molar-refractivity contribution in [1.82, 2.24) is 9.55 Å². The number of thiophene rings is 1. The predicted octanol–water partition coefficient (Wildman–Crippen LogP) is 10.6. The summed E-state index contributed by atoms with van der Waals surface area (Å²) in [5.74, 6) is 2.67. The Labute approximate surface area is 238 Å². The van der Waals surface area contributed by atoms with Crippen LogP contribution in [0.25, 0.3) is 80.5 Å². The van der Waals surface area contributed by atoms with Crippen LogP contribution in [0.3, 0.4) is 0 Å². The van der Waals surface area contributed by atoms with Crippen LogP contribution in [-0.2, 0) is 0 Å². The van der Waals surface area contributed by atoms with Gasteiger partial charge in [-0.05, 0) is 35.0 Å². The zero-order valence-electron chi connectivity index (χ0n) is 21.8. The van der Waals surface area contributed by atoms with E-state index in [-0.39, 0.29) is 0 Å². The maximum absolute atomic E-state index is 6.43.